The molecule has 0 spiro atoms. The van der Waals surface area contributed by atoms with E-state index in [2.05, 4.69) is 0 Å². The fourth-order valence-electron chi connectivity index (χ4n) is 4.52. The van der Waals surface area contributed by atoms with Crippen molar-refractivity contribution in [2.45, 2.75) is 0 Å². The summed E-state index contributed by atoms with van der Waals surface area (Å²) in [6.07, 6.45) is 0. The minimum Gasteiger partial charge on any atom is -0.477 e. The zero-order chi connectivity index (χ0) is 22.0. The molecular formula is C26H14O4S2. The van der Waals surface area contributed by atoms with Gasteiger partial charge in [0.05, 0.1) is 0 Å². The van der Waals surface area contributed by atoms with Crippen molar-refractivity contribution in [3.05, 3.63) is 82.6 Å². The molecule has 6 rings (SSSR count). The first kappa shape index (κ1) is 19.0. The molecule has 0 fully saturated rings. The van der Waals surface area contributed by atoms with E-state index in [1.165, 1.54) is 22.7 Å². The van der Waals surface area contributed by atoms with Crippen molar-refractivity contribution in [1.29, 1.82) is 0 Å². The van der Waals surface area contributed by atoms with Gasteiger partial charge < -0.3 is 10.2 Å². The molecule has 0 amide bonds. The van der Waals surface area contributed by atoms with Crippen molar-refractivity contribution in [2.24, 2.45) is 0 Å². The Morgan fingerprint density at radius 1 is 0.562 bits per heavy atom. The molecule has 0 aliphatic heterocycles. The highest BCUT2D eigenvalue weighted by atomic mass is 32.1. The maximum absolute atomic E-state index is 12.4. The van der Waals surface area contributed by atoms with Crippen LogP contribution >= 0.6 is 22.7 Å². The summed E-state index contributed by atoms with van der Waals surface area (Å²) in [7, 11) is 0. The highest BCUT2D eigenvalue weighted by Crippen LogP contribution is 2.49. The van der Waals surface area contributed by atoms with E-state index in [0.717, 1.165) is 41.7 Å². The van der Waals surface area contributed by atoms with Crippen LogP contribution in [0.2, 0.25) is 0 Å². The van der Waals surface area contributed by atoms with Gasteiger partial charge in [-0.15, -0.1) is 22.7 Å². The minimum absolute atomic E-state index is 0.159. The molecule has 0 saturated carbocycles. The first-order valence-corrected chi connectivity index (χ1v) is 11.5. The van der Waals surface area contributed by atoms with E-state index in [1.54, 1.807) is 0 Å². The van der Waals surface area contributed by atoms with E-state index in [-0.39, 0.29) is 9.75 Å². The van der Waals surface area contributed by atoms with E-state index < -0.39 is 11.9 Å². The Balaban J connectivity index is 1.91. The van der Waals surface area contributed by atoms with Crippen molar-refractivity contribution in [1.82, 2.24) is 0 Å². The summed E-state index contributed by atoms with van der Waals surface area (Å²) in [6.45, 7) is 0. The number of carboxylic acid groups (broad SMARTS) is 2. The lowest BCUT2D eigenvalue weighted by molar-refractivity contribution is 0.0690. The predicted octanol–water partition coefficient (Wildman–Crippen LogP) is 7.49. The lowest BCUT2D eigenvalue weighted by Crippen LogP contribution is -1.99. The highest BCUT2D eigenvalue weighted by molar-refractivity contribution is 7.23. The largest absolute Gasteiger partial charge is 0.477 e. The number of benzene rings is 4. The van der Waals surface area contributed by atoms with Crippen LogP contribution in [-0.4, -0.2) is 22.2 Å². The van der Waals surface area contributed by atoms with Crippen LogP contribution in [0, 0.1) is 0 Å². The molecular weight excluding hydrogens is 440 g/mol. The number of rotatable bonds is 3. The van der Waals surface area contributed by atoms with E-state index in [0.29, 0.717) is 11.1 Å². The molecule has 2 heterocycles. The molecule has 2 N–H and O–H groups in total. The number of carboxylic acids is 2. The monoisotopic (exact) mass is 454 g/mol. The molecule has 0 radical (unpaired) electrons. The van der Waals surface area contributed by atoms with Gasteiger partial charge in [-0.25, -0.2) is 9.59 Å². The fourth-order valence-corrected chi connectivity index (χ4v) is 6.64. The highest BCUT2D eigenvalue weighted by Gasteiger charge is 2.29. The molecule has 0 aliphatic rings. The predicted molar refractivity (Wildman–Crippen MR) is 132 cm³/mol. The maximum atomic E-state index is 12.4. The Bertz CT molecular complexity index is 1610. The Morgan fingerprint density at radius 3 is 1.38 bits per heavy atom. The average molecular weight is 455 g/mol. The summed E-state index contributed by atoms with van der Waals surface area (Å²) in [5, 5.41) is 25.6. The Kier molecular flexibility index (Phi) is 4.08. The smallest absolute Gasteiger partial charge is 0.346 e. The zero-order valence-corrected chi connectivity index (χ0v) is 18.1. The molecule has 0 atom stereocenters. The van der Waals surface area contributed by atoms with Crippen LogP contribution in [-0.2, 0) is 0 Å². The molecule has 4 aromatic carbocycles. The maximum Gasteiger partial charge on any atom is 0.346 e. The summed E-state index contributed by atoms with van der Waals surface area (Å²) in [4.78, 5) is 25.1. The first-order valence-electron chi connectivity index (χ1n) is 9.90. The van der Waals surface area contributed by atoms with Gasteiger partial charge in [-0.05, 0) is 33.7 Å². The third-order valence-electron chi connectivity index (χ3n) is 5.80. The average Bonchev–Trinajstić information content (AvgIpc) is 3.38. The third kappa shape index (κ3) is 2.60. The van der Waals surface area contributed by atoms with Crippen molar-refractivity contribution in [3.8, 4) is 11.1 Å². The van der Waals surface area contributed by atoms with Crippen molar-refractivity contribution < 1.29 is 19.8 Å². The first-order chi connectivity index (χ1) is 15.5. The Hall–Kier alpha value is -3.74. The van der Waals surface area contributed by atoms with E-state index in [4.69, 9.17) is 0 Å². The molecule has 0 saturated heterocycles. The Morgan fingerprint density at radius 2 is 0.969 bits per heavy atom. The number of fused-ring (bicyclic) bond motifs is 6. The van der Waals surface area contributed by atoms with Crippen LogP contribution in [0.1, 0.15) is 19.3 Å². The molecule has 2 aromatic heterocycles. The molecule has 6 aromatic rings. The van der Waals surface area contributed by atoms with Gasteiger partial charge in [0.2, 0.25) is 0 Å². The third-order valence-corrected chi connectivity index (χ3v) is 8.08. The summed E-state index contributed by atoms with van der Waals surface area (Å²) in [5.74, 6) is -2.11. The second-order valence-electron chi connectivity index (χ2n) is 7.54. The lowest BCUT2D eigenvalue weighted by Gasteiger charge is -2.08. The quantitative estimate of drug-likeness (QED) is 0.291. The van der Waals surface area contributed by atoms with Crippen molar-refractivity contribution >= 4 is 76.3 Å². The number of hydrogen-bond donors (Lipinski definition) is 2. The standard InChI is InChI=1S/C26H14O4S2/c27-25(28)23-21(19-15-7-3-1-5-13(15)9-11-17(19)31-23)22-20-16-8-4-2-6-14(16)10-12-18(20)32-24(22)26(29)30/h1-12H,(H,27,28)(H,29,30). The molecule has 0 aliphatic carbocycles. The summed E-state index contributed by atoms with van der Waals surface area (Å²) in [5.41, 5.74) is 0.989. The van der Waals surface area contributed by atoms with Gasteiger partial charge in [0.15, 0.2) is 0 Å². The van der Waals surface area contributed by atoms with Crippen LogP contribution in [0.25, 0.3) is 52.8 Å². The van der Waals surface area contributed by atoms with Crippen LogP contribution in [0.3, 0.4) is 0 Å². The lowest BCUT2D eigenvalue weighted by atomic mass is 9.93. The van der Waals surface area contributed by atoms with Gasteiger partial charge in [-0.2, -0.15) is 0 Å². The van der Waals surface area contributed by atoms with Crippen LogP contribution in [0.4, 0.5) is 0 Å². The number of hydrogen-bond acceptors (Lipinski definition) is 4. The topological polar surface area (TPSA) is 74.6 Å². The molecule has 4 nitrogen and oxygen atoms in total. The van der Waals surface area contributed by atoms with Gasteiger partial charge in [-0.3, -0.25) is 0 Å². The number of thiophene rings is 2. The van der Waals surface area contributed by atoms with Crippen molar-refractivity contribution in [2.75, 3.05) is 0 Å². The van der Waals surface area contributed by atoms with Crippen molar-refractivity contribution in [3.63, 3.8) is 0 Å². The SMILES string of the molecule is O=C(O)c1sc2ccc3ccccc3c2c1-c1c(C(=O)O)sc2ccc3ccccc3c12. The summed E-state index contributed by atoms with van der Waals surface area (Å²) < 4.78 is 1.65. The van der Waals surface area contributed by atoms with Crippen LogP contribution in [0.5, 0.6) is 0 Å². The zero-order valence-electron chi connectivity index (χ0n) is 16.5. The van der Waals surface area contributed by atoms with Crippen LogP contribution in [0.15, 0.2) is 72.8 Å². The van der Waals surface area contributed by atoms with Gasteiger partial charge in [0.25, 0.3) is 0 Å². The number of carbonyl (C=O) groups is 2. The molecule has 154 valence electrons. The molecule has 6 heteroatoms. The summed E-state index contributed by atoms with van der Waals surface area (Å²) >= 11 is 2.38. The van der Waals surface area contributed by atoms with Gasteiger partial charge in [-0.1, -0.05) is 60.7 Å². The van der Waals surface area contributed by atoms with E-state index >= 15 is 0 Å². The van der Waals surface area contributed by atoms with Gasteiger partial charge in [0.1, 0.15) is 9.75 Å². The summed E-state index contributed by atoms with van der Waals surface area (Å²) in [6, 6.07) is 23.4. The van der Waals surface area contributed by atoms with Gasteiger partial charge in [0, 0.05) is 31.3 Å². The molecule has 0 unspecified atom stereocenters. The second kappa shape index (κ2) is 6.88. The minimum atomic E-state index is -1.05. The van der Waals surface area contributed by atoms with E-state index in [9.17, 15) is 19.8 Å². The van der Waals surface area contributed by atoms with Gasteiger partial charge >= 0.3 is 11.9 Å². The van der Waals surface area contributed by atoms with Crippen LogP contribution < -0.4 is 0 Å². The normalized spacial score (nSPS) is 11.6. The van der Waals surface area contributed by atoms with E-state index in [1.807, 2.05) is 72.8 Å². The second-order valence-corrected chi connectivity index (χ2v) is 9.65. The number of aromatic carboxylic acids is 2. The molecule has 0 bridgehead atoms. The molecule has 32 heavy (non-hydrogen) atoms. The Labute approximate surface area is 189 Å². The fraction of sp³-hybridized carbons (Fsp3) is 0.